The number of hydrogen-bond donors (Lipinski definition) is 1. The number of anilines is 1. The zero-order valence-electron chi connectivity index (χ0n) is 16.2. The van der Waals surface area contributed by atoms with Crippen LogP contribution in [0.15, 0.2) is 24.3 Å². The van der Waals surface area contributed by atoms with Crippen molar-refractivity contribution in [2.75, 3.05) is 5.32 Å². The average molecular weight is 395 g/mol. The van der Waals surface area contributed by atoms with Crippen molar-refractivity contribution < 1.29 is 22.7 Å². The predicted molar refractivity (Wildman–Crippen MR) is 100.0 cm³/mol. The van der Waals surface area contributed by atoms with Crippen molar-refractivity contribution in [2.24, 2.45) is 5.41 Å². The number of aromatic nitrogens is 2. The van der Waals surface area contributed by atoms with Gasteiger partial charge in [0.1, 0.15) is 11.6 Å². The highest BCUT2D eigenvalue weighted by atomic mass is 19.4. The molecule has 0 aliphatic carbocycles. The number of aryl methyl sites for hydroxylation is 1. The number of alkyl halides is 3. The van der Waals surface area contributed by atoms with Gasteiger partial charge in [-0.15, -0.1) is 13.2 Å². The average Bonchev–Trinajstić information content (AvgIpc) is 2.90. The highest BCUT2D eigenvalue weighted by molar-refractivity contribution is 5.94. The fourth-order valence-corrected chi connectivity index (χ4v) is 3.34. The summed E-state index contributed by atoms with van der Waals surface area (Å²) in [5.41, 5.74) is 1.23. The van der Waals surface area contributed by atoms with Crippen LogP contribution >= 0.6 is 0 Å². The summed E-state index contributed by atoms with van der Waals surface area (Å²) in [5.74, 6) is 0.910. The third kappa shape index (κ3) is 5.05. The van der Waals surface area contributed by atoms with Crippen molar-refractivity contribution in [3.05, 3.63) is 30.1 Å². The van der Waals surface area contributed by atoms with Crippen LogP contribution in [0, 0.1) is 5.41 Å². The molecule has 0 spiro atoms. The second-order valence-electron chi connectivity index (χ2n) is 8.19. The van der Waals surface area contributed by atoms with E-state index in [2.05, 4.69) is 15.0 Å². The number of nitrogens with one attached hydrogen (secondary N) is 1. The number of halogens is 3. The Labute approximate surface area is 161 Å². The van der Waals surface area contributed by atoms with E-state index in [1.165, 1.54) is 12.1 Å². The quantitative estimate of drug-likeness (QED) is 0.778. The molecule has 1 aromatic carbocycles. The van der Waals surface area contributed by atoms with E-state index in [1.807, 2.05) is 25.3 Å². The van der Waals surface area contributed by atoms with E-state index in [9.17, 15) is 18.0 Å². The minimum atomic E-state index is -4.73. The van der Waals surface area contributed by atoms with Gasteiger partial charge in [0.2, 0.25) is 5.91 Å². The lowest BCUT2D eigenvalue weighted by molar-refractivity contribution is -0.274. The summed E-state index contributed by atoms with van der Waals surface area (Å²) < 4.78 is 43.2. The maximum atomic E-state index is 12.4. The highest BCUT2D eigenvalue weighted by Gasteiger charge is 2.31. The Morgan fingerprint density at radius 2 is 1.86 bits per heavy atom. The number of amides is 1. The molecule has 0 saturated carbocycles. The summed E-state index contributed by atoms with van der Waals surface area (Å²) in [6.45, 7) is 6.69. The molecule has 1 aliphatic heterocycles. The van der Waals surface area contributed by atoms with Crippen LogP contribution in [-0.2, 0) is 17.8 Å². The molecular weight excluding hydrogens is 371 g/mol. The molecule has 3 rings (SSSR count). The molecule has 0 saturated heterocycles. The first-order valence-electron chi connectivity index (χ1n) is 9.27. The molecule has 0 fully saturated rings. The standard InChI is InChI=1S/C20H24F3N3O2/c1-19(2,3)12-16(27)25-18-17(26-11-5-4-6-15(26)24-18)13-7-9-14(10-8-13)28-20(21,22)23/h7-10H,4-6,11-12H2,1-3H3,(H,25,27). The van der Waals surface area contributed by atoms with Crippen LogP contribution in [0.1, 0.15) is 45.9 Å². The van der Waals surface area contributed by atoms with Crippen LogP contribution < -0.4 is 10.1 Å². The minimum absolute atomic E-state index is 0.138. The van der Waals surface area contributed by atoms with Crippen molar-refractivity contribution in [2.45, 2.75) is 59.4 Å². The second-order valence-corrected chi connectivity index (χ2v) is 8.19. The van der Waals surface area contributed by atoms with Crippen LogP contribution in [0.25, 0.3) is 11.3 Å². The van der Waals surface area contributed by atoms with Gasteiger partial charge in [0.15, 0.2) is 5.82 Å². The Morgan fingerprint density at radius 3 is 2.46 bits per heavy atom. The van der Waals surface area contributed by atoms with Gasteiger partial charge in [-0.2, -0.15) is 0 Å². The molecule has 0 radical (unpaired) electrons. The predicted octanol–water partition coefficient (Wildman–Crippen LogP) is 5.16. The fourth-order valence-electron chi connectivity index (χ4n) is 3.34. The molecule has 1 N–H and O–H groups in total. The number of carbonyl (C=O) groups excluding carboxylic acids is 1. The minimum Gasteiger partial charge on any atom is -0.406 e. The first kappa shape index (κ1) is 20.2. The smallest absolute Gasteiger partial charge is 0.406 e. The Kier molecular flexibility index (Phi) is 5.41. The van der Waals surface area contributed by atoms with E-state index in [-0.39, 0.29) is 17.1 Å². The molecule has 5 nitrogen and oxygen atoms in total. The van der Waals surface area contributed by atoms with Crippen LogP contribution in [0.5, 0.6) is 5.75 Å². The molecule has 28 heavy (non-hydrogen) atoms. The monoisotopic (exact) mass is 395 g/mol. The Bertz CT molecular complexity index is 849. The van der Waals surface area contributed by atoms with Gasteiger partial charge in [0, 0.05) is 24.9 Å². The third-order valence-electron chi connectivity index (χ3n) is 4.39. The van der Waals surface area contributed by atoms with E-state index in [4.69, 9.17) is 0 Å². The van der Waals surface area contributed by atoms with Crippen LogP contribution in [-0.4, -0.2) is 21.8 Å². The Balaban J connectivity index is 1.93. The first-order chi connectivity index (χ1) is 13.0. The number of fused-ring (bicyclic) bond motifs is 1. The van der Waals surface area contributed by atoms with Gasteiger partial charge < -0.3 is 14.6 Å². The zero-order valence-corrected chi connectivity index (χ0v) is 16.2. The van der Waals surface area contributed by atoms with Gasteiger partial charge in [-0.1, -0.05) is 20.8 Å². The van der Waals surface area contributed by atoms with E-state index in [0.717, 1.165) is 37.3 Å². The molecule has 2 heterocycles. The van der Waals surface area contributed by atoms with Crippen molar-refractivity contribution >= 4 is 11.7 Å². The molecule has 0 bridgehead atoms. The van der Waals surface area contributed by atoms with Crippen LogP contribution in [0.4, 0.5) is 19.0 Å². The number of hydrogen-bond acceptors (Lipinski definition) is 3. The number of benzene rings is 1. The highest BCUT2D eigenvalue weighted by Crippen LogP contribution is 2.34. The molecule has 8 heteroatoms. The van der Waals surface area contributed by atoms with Gasteiger partial charge >= 0.3 is 6.36 Å². The lowest BCUT2D eigenvalue weighted by Gasteiger charge is -2.18. The third-order valence-corrected chi connectivity index (χ3v) is 4.39. The van der Waals surface area contributed by atoms with Gasteiger partial charge in [-0.25, -0.2) is 4.98 Å². The number of nitrogens with zero attached hydrogens (tertiary/aromatic N) is 2. The number of ether oxygens (including phenoxy) is 1. The largest absolute Gasteiger partial charge is 0.573 e. The molecule has 1 aliphatic rings. The number of imidazole rings is 1. The van der Waals surface area contributed by atoms with Crippen molar-refractivity contribution in [1.82, 2.24) is 9.55 Å². The van der Waals surface area contributed by atoms with E-state index < -0.39 is 6.36 Å². The lowest BCUT2D eigenvalue weighted by Crippen LogP contribution is -2.20. The summed E-state index contributed by atoms with van der Waals surface area (Å²) >= 11 is 0. The lowest BCUT2D eigenvalue weighted by atomic mass is 9.92. The molecule has 1 amide bonds. The zero-order chi connectivity index (χ0) is 20.5. The summed E-state index contributed by atoms with van der Waals surface area (Å²) in [4.78, 5) is 17.0. The molecule has 152 valence electrons. The van der Waals surface area contributed by atoms with Crippen molar-refractivity contribution in [3.63, 3.8) is 0 Å². The number of rotatable bonds is 4. The molecule has 0 atom stereocenters. The Hall–Kier alpha value is -2.51. The van der Waals surface area contributed by atoms with Crippen molar-refractivity contribution in [1.29, 1.82) is 0 Å². The maximum Gasteiger partial charge on any atom is 0.573 e. The normalized spacial score (nSPS) is 14.5. The Morgan fingerprint density at radius 1 is 1.18 bits per heavy atom. The first-order valence-corrected chi connectivity index (χ1v) is 9.27. The van der Waals surface area contributed by atoms with E-state index in [1.54, 1.807) is 12.1 Å². The van der Waals surface area contributed by atoms with Crippen molar-refractivity contribution in [3.8, 4) is 17.0 Å². The molecule has 1 aromatic heterocycles. The number of carbonyl (C=O) groups is 1. The van der Waals surface area contributed by atoms with Crippen LogP contribution in [0.2, 0.25) is 0 Å². The summed E-state index contributed by atoms with van der Waals surface area (Å²) in [6.07, 6.45) is -1.58. The molecular formula is C20H24F3N3O2. The summed E-state index contributed by atoms with van der Waals surface area (Å²) in [6, 6.07) is 5.65. The van der Waals surface area contributed by atoms with Gasteiger partial charge in [0.05, 0.1) is 5.69 Å². The topological polar surface area (TPSA) is 56.2 Å². The summed E-state index contributed by atoms with van der Waals surface area (Å²) in [7, 11) is 0. The van der Waals surface area contributed by atoms with E-state index in [0.29, 0.717) is 17.8 Å². The van der Waals surface area contributed by atoms with Crippen LogP contribution in [0.3, 0.4) is 0 Å². The van der Waals surface area contributed by atoms with E-state index >= 15 is 0 Å². The molecule has 0 unspecified atom stereocenters. The maximum absolute atomic E-state index is 12.4. The van der Waals surface area contributed by atoms with Gasteiger partial charge in [-0.3, -0.25) is 4.79 Å². The molecule has 2 aromatic rings. The SMILES string of the molecule is CC(C)(C)CC(=O)Nc1nc2n(c1-c1ccc(OC(F)(F)F)cc1)CCCC2. The van der Waals surface area contributed by atoms with Gasteiger partial charge in [0.25, 0.3) is 0 Å². The fraction of sp³-hybridized carbons (Fsp3) is 0.500. The summed E-state index contributed by atoms with van der Waals surface area (Å²) in [5, 5.41) is 2.89. The second kappa shape index (κ2) is 7.48. The van der Waals surface area contributed by atoms with Gasteiger partial charge in [-0.05, 0) is 42.5 Å².